The maximum Gasteiger partial charge on any atom is 0.193 e. The summed E-state index contributed by atoms with van der Waals surface area (Å²) in [4.78, 5) is 25.6. The summed E-state index contributed by atoms with van der Waals surface area (Å²) in [5, 5.41) is 21.7. The summed E-state index contributed by atoms with van der Waals surface area (Å²) in [6.45, 7) is 4.70. The van der Waals surface area contributed by atoms with Gasteiger partial charge in [0, 0.05) is 22.3 Å². The summed E-state index contributed by atoms with van der Waals surface area (Å²) >= 11 is 0. The van der Waals surface area contributed by atoms with Crippen molar-refractivity contribution >= 4 is 11.6 Å². The van der Waals surface area contributed by atoms with Crippen LogP contribution >= 0.6 is 0 Å². The second kappa shape index (κ2) is 7.44. The van der Waals surface area contributed by atoms with E-state index in [1.54, 1.807) is 19.9 Å². The number of benzene rings is 1. The van der Waals surface area contributed by atoms with Crippen LogP contribution in [-0.2, 0) is 24.8 Å². The molecule has 0 spiro atoms. The van der Waals surface area contributed by atoms with Gasteiger partial charge in [-0.1, -0.05) is 48.9 Å². The molecule has 36 heavy (non-hydrogen) atoms. The highest BCUT2D eigenvalue weighted by molar-refractivity contribution is 6.01. The second-order valence-electron chi connectivity index (χ2n) is 11.8. The van der Waals surface area contributed by atoms with E-state index in [1.807, 2.05) is 37.3 Å². The van der Waals surface area contributed by atoms with Gasteiger partial charge >= 0.3 is 0 Å². The van der Waals surface area contributed by atoms with Gasteiger partial charge in [-0.25, -0.2) is 4.39 Å². The van der Waals surface area contributed by atoms with Crippen molar-refractivity contribution in [2.45, 2.75) is 75.7 Å². The Labute approximate surface area is 210 Å². The Bertz CT molecular complexity index is 1200. The van der Waals surface area contributed by atoms with Gasteiger partial charge in [-0.05, 0) is 57.6 Å². The summed E-state index contributed by atoms with van der Waals surface area (Å²) in [5.41, 5.74) is -4.15. The molecule has 3 saturated carbocycles. The molecule has 5 aliphatic rings. The number of aliphatic hydroxyl groups excluding tert-OH is 2. The van der Waals surface area contributed by atoms with E-state index in [1.165, 1.54) is 12.2 Å². The van der Waals surface area contributed by atoms with Crippen LogP contribution in [0.15, 0.2) is 54.1 Å². The van der Waals surface area contributed by atoms with Gasteiger partial charge < -0.3 is 19.7 Å². The summed E-state index contributed by atoms with van der Waals surface area (Å²) in [6, 6.07) is 9.35. The first-order valence-electron chi connectivity index (χ1n) is 12.9. The number of hydrogen-bond donors (Lipinski definition) is 2. The highest BCUT2D eigenvalue weighted by atomic mass is 19.1. The molecule has 1 heterocycles. The summed E-state index contributed by atoms with van der Waals surface area (Å²) in [5.74, 6) is -2.78. The Morgan fingerprint density at radius 2 is 1.89 bits per heavy atom. The SMILES string of the molecule is C[C@]1(c2ccccc2)O[C@@H]2C[C@H]3[C@@H]4CCC5=CC(=O)C=C[C@@]5(C)[C@@]4(F)[C@@H](O)C[C@]3(C)[C@]2(C(=O)CO)O1. The number of carbonyl (C=O) groups is 2. The molecular weight excluding hydrogens is 463 g/mol. The lowest BCUT2D eigenvalue weighted by Gasteiger charge is -2.62. The van der Waals surface area contributed by atoms with Crippen LogP contribution < -0.4 is 0 Å². The van der Waals surface area contributed by atoms with Crippen LogP contribution in [0.25, 0.3) is 0 Å². The molecule has 0 bridgehead atoms. The molecule has 6 rings (SSSR count). The zero-order valence-corrected chi connectivity index (χ0v) is 20.9. The van der Waals surface area contributed by atoms with Crippen LogP contribution in [0, 0.1) is 22.7 Å². The van der Waals surface area contributed by atoms with Crippen molar-refractivity contribution in [2.24, 2.45) is 22.7 Å². The van der Waals surface area contributed by atoms with Crippen LogP contribution in [0.3, 0.4) is 0 Å². The average molecular weight is 497 g/mol. The van der Waals surface area contributed by atoms with Crippen molar-refractivity contribution in [3.63, 3.8) is 0 Å². The Morgan fingerprint density at radius 1 is 1.17 bits per heavy atom. The molecule has 192 valence electrons. The third kappa shape index (κ3) is 2.65. The molecule has 7 heteroatoms. The van der Waals surface area contributed by atoms with Crippen LogP contribution in [0.1, 0.15) is 52.0 Å². The molecule has 0 unspecified atom stereocenters. The van der Waals surface area contributed by atoms with E-state index in [-0.39, 0.29) is 18.1 Å². The minimum Gasteiger partial charge on any atom is -0.390 e. The molecule has 1 aromatic rings. The van der Waals surface area contributed by atoms with Gasteiger partial charge in [-0.3, -0.25) is 9.59 Å². The van der Waals surface area contributed by atoms with E-state index in [4.69, 9.17) is 9.47 Å². The predicted octanol–water partition coefficient (Wildman–Crippen LogP) is 3.56. The van der Waals surface area contributed by atoms with E-state index in [9.17, 15) is 19.8 Å². The first-order valence-corrected chi connectivity index (χ1v) is 12.9. The van der Waals surface area contributed by atoms with Gasteiger partial charge in [-0.2, -0.15) is 0 Å². The Morgan fingerprint density at radius 3 is 2.58 bits per heavy atom. The Balaban J connectivity index is 1.46. The molecule has 9 atom stereocenters. The monoisotopic (exact) mass is 496 g/mol. The molecule has 6 nitrogen and oxygen atoms in total. The maximum absolute atomic E-state index is 17.4. The van der Waals surface area contributed by atoms with Gasteiger partial charge in [0.25, 0.3) is 0 Å². The molecule has 0 aromatic heterocycles. The van der Waals surface area contributed by atoms with Gasteiger partial charge in [0.2, 0.25) is 0 Å². The molecular formula is C29H33FO6. The van der Waals surface area contributed by atoms with Gasteiger partial charge in [0.15, 0.2) is 28.6 Å². The first kappa shape index (κ1) is 24.2. The molecule has 1 saturated heterocycles. The zero-order valence-electron chi connectivity index (χ0n) is 20.9. The number of ketones is 2. The summed E-state index contributed by atoms with van der Waals surface area (Å²) < 4.78 is 30.5. The molecule has 0 radical (unpaired) electrons. The smallest absolute Gasteiger partial charge is 0.193 e. The summed E-state index contributed by atoms with van der Waals surface area (Å²) in [7, 11) is 0. The number of alkyl halides is 1. The van der Waals surface area contributed by atoms with Gasteiger partial charge in [-0.15, -0.1) is 0 Å². The normalized spacial score (nSPS) is 49.1. The highest BCUT2D eigenvalue weighted by Crippen LogP contribution is 2.72. The fourth-order valence-electron chi connectivity index (χ4n) is 8.64. The molecule has 1 aromatic carbocycles. The number of rotatable bonds is 3. The van der Waals surface area contributed by atoms with Crippen molar-refractivity contribution in [3.8, 4) is 0 Å². The third-order valence-electron chi connectivity index (χ3n) is 10.4. The Kier molecular flexibility index (Phi) is 4.99. The fourth-order valence-corrected chi connectivity index (χ4v) is 8.64. The Hall–Kier alpha value is -2.19. The van der Waals surface area contributed by atoms with E-state index < -0.39 is 58.4 Å². The van der Waals surface area contributed by atoms with Crippen LogP contribution in [-0.4, -0.2) is 51.9 Å². The number of allylic oxidation sites excluding steroid dienone is 4. The minimum absolute atomic E-state index is 0.0220. The van der Waals surface area contributed by atoms with E-state index in [0.29, 0.717) is 24.8 Å². The van der Waals surface area contributed by atoms with Crippen molar-refractivity contribution in [3.05, 3.63) is 59.7 Å². The maximum atomic E-state index is 17.4. The second-order valence-corrected chi connectivity index (χ2v) is 11.8. The molecule has 2 N–H and O–H groups in total. The lowest BCUT2D eigenvalue weighted by molar-refractivity contribution is -0.254. The number of fused-ring (bicyclic) bond motifs is 7. The largest absolute Gasteiger partial charge is 0.390 e. The standard InChI is InChI=1S/C29H33FO6/c1-25-12-11-19(32)13-18(25)9-10-20-21-14-24-29(23(34)16-31,26(21,2)15-22(33)28(20,25)30)36-27(3,35-24)17-7-5-4-6-8-17/h4-8,11-13,20-22,24,31,33H,9-10,14-16H2,1-3H3/t20-,21-,22-,24+,25+,26-,27-,28-,29+/m0/s1. The minimum atomic E-state index is -2.01. The highest BCUT2D eigenvalue weighted by Gasteiger charge is 2.80. The number of hydrogen-bond acceptors (Lipinski definition) is 6. The van der Waals surface area contributed by atoms with E-state index in [0.717, 1.165) is 5.56 Å². The number of aliphatic hydroxyl groups is 2. The van der Waals surface area contributed by atoms with Crippen LogP contribution in [0.2, 0.25) is 0 Å². The average Bonchev–Trinajstić information content (AvgIpc) is 3.29. The molecule has 1 aliphatic heterocycles. The number of ether oxygens (including phenoxy) is 2. The quantitative estimate of drug-likeness (QED) is 0.665. The van der Waals surface area contributed by atoms with Crippen LogP contribution in [0.5, 0.6) is 0 Å². The first-order chi connectivity index (χ1) is 17.0. The lowest BCUT2D eigenvalue weighted by Crippen LogP contribution is -2.70. The van der Waals surface area contributed by atoms with Crippen molar-refractivity contribution in [2.75, 3.05) is 6.61 Å². The van der Waals surface area contributed by atoms with Crippen molar-refractivity contribution in [1.82, 2.24) is 0 Å². The number of carbonyl (C=O) groups excluding carboxylic acids is 2. The van der Waals surface area contributed by atoms with Gasteiger partial charge in [0.1, 0.15) is 6.61 Å². The summed E-state index contributed by atoms with van der Waals surface area (Å²) in [6.07, 6.45) is 3.77. The van der Waals surface area contributed by atoms with Gasteiger partial charge in [0.05, 0.1) is 12.2 Å². The third-order valence-corrected chi connectivity index (χ3v) is 10.4. The van der Waals surface area contributed by atoms with Crippen LogP contribution in [0.4, 0.5) is 4.39 Å². The fraction of sp³-hybridized carbons (Fsp3) is 0.586. The molecule has 4 aliphatic carbocycles. The number of Topliss-reactive ketones (excluding diaryl/α,β-unsaturated/α-hetero) is 1. The molecule has 0 amide bonds. The topological polar surface area (TPSA) is 93.1 Å². The number of halogens is 1. The zero-order chi connectivity index (χ0) is 25.7. The molecule has 4 fully saturated rings. The van der Waals surface area contributed by atoms with Crippen molar-refractivity contribution < 1.29 is 33.7 Å². The van der Waals surface area contributed by atoms with Crippen molar-refractivity contribution in [1.29, 1.82) is 0 Å². The van der Waals surface area contributed by atoms with E-state index >= 15 is 4.39 Å². The lowest BCUT2D eigenvalue weighted by atomic mass is 9.44. The predicted molar refractivity (Wildman–Crippen MR) is 128 cm³/mol. The van der Waals surface area contributed by atoms with E-state index in [2.05, 4.69) is 0 Å².